The number of anilines is 1. The van der Waals surface area contributed by atoms with Crippen LogP contribution in [0, 0.1) is 18.3 Å². The quantitative estimate of drug-likeness (QED) is 0.815. The molecule has 2 rings (SSSR count). The lowest BCUT2D eigenvalue weighted by molar-refractivity contribution is 0.872. The Kier molecular flexibility index (Phi) is 3.49. The third-order valence-corrected chi connectivity index (χ3v) is 2.47. The van der Waals surface area contributed by atoms with E-state index in [1.807, 2.05) is 36.3 Å². The van der Waals surface area contributed by atoms with Crippen LogP contribution in [0.3, 0.4) is 0 Å². The highest BCUT2D eigenvalue weighted by molar-refractivity contribution is 5.42. The van der Waals surface area contributed by atoms with Crippen molar-refractivity contribution in [2.24, 2.45) is 0 Å². The van der Waals surface area contributed by atoms with Gasteiger partial charge in [0, 0.05) is 32.1 Å². The molecule has 0 spiro atoms. The lowest BCUT2D eigenvalue weighted by atomic mass is 10.2. The van der Waals surface area contributed by atoms with E-state index >= 15 is 0 Å². The molecule has 0 aromatic carbocycles. The molecule has 2 aromatic heterocycles. The third kappa shape index (κ3) is 2.80. The third-order valence-electron chi connectivity index (χ3n) is 2.47. The van der Waals surface area contributed by atoms with E-state index in [0.717, 1.165) is 11.4 Å². The minimum absolute atomic E-state index is 0.385. The van der Waals surface area contributed by atoms with Gasteiger partial charge in [-0.1, -0.05) is 6.07 Å². The van der Waals surface area contributed by atoms with Gasteiger partial charge in [0.25, 0.3) is 0 Å². The van der Waals surface area contributed by atoms with Crippen molar-refractivity contribution in [3.05, 3.63) is 47.7 Å². The van der Waals surface area contributed by atoms with E-state index in [9.17, 15) is 0 Å². The topological polar surface area (TPSA) is 65.7 Å². The summed E-state index contributed by atoms with van der Waals surface area (Å²) in [5.74, 6) is 1.34. The van der Waals surface area contributed by atoms with E-state index in [0.29, 0.717) is 18.1 Å². The van der Waals surface area contributed by atoms with Gasteiger partial charge in [-0.3, -0.25) is 4.98 Å². The van der Waals surface area contributed by atoms with Crippen molar-refractivity contribution in [1.82, 2.24) is 15.0 Å². The van der Waals surface area contributed by atoms with Crippen LogP contribution in [0.5, 0.6) is 0 Å². The zero-order chi connectivity index (χ0) is 13.0. The molecular weight excluding hydrogens is 226 g/mol. The average molecular weight is 239 g/mol. The lowest BCUT2D eigenvalue weighted by Gasteiger charge is -2.18. The summed E-state index contributed by atoms with van der Waals surface area (Å²) in [5.41, 5.74) is 1.48. The van der Waals surface area contributed by atoms with Gasteiger partial charge in [0.2, 0.25) is 0 Å². The smallest absolute Gasteiger partial charge is 0.146 e. The molecule has 90 valence electrons. The Morgan fingerprint density at radius 3 is 2.89 bits per heavy atom. The van der Waals surface area contributed by atoms with E-state index < -0.39 is 0 Å². The molecule has 2 heterocycles. The SMILES string of the molecule is Cc1nc(C#N)cc(N(C)Cc2cccnc2)n1. The Bertz CT molecular complexity index is 574. The fourth-order valence-electron chi connectivity index (χ4n) is 1.65. The van der Waals surface area contributed by atoms with Crippen molar-refractivity contribution < 1.29 is 0 Å². The number of aromatic nitrogens is 3. The van der Waals surface area contributed by atoms with Crippen LogP contribution in [0.2, 0.25) is 0 Å². The number of hydrogen-bond donors (Lipinski definition) is 0. The number of nitrogens with zero attached hydrogens (tertiary/aromatic N) is 5. The van der Waals surface area contributed by atoms with Gasteiger partial charge in [-0.05, 0) is 18.6 Å². The monoisotopic (exact) mass is 239 g/mol. The second-order valence-corrected chi connectivity index (χ2v) is 3.99. The molecule has 0 unspecified atom stereocenters. The Morgan fingerprint density at radius 1 is 1.39 bits per heavy atom. The highest BCUT2D eigenvalue weighted by Crippen LogP contribution is 2.13. The Labute approximate surface area is 106 Å². The van der Waals surface area contributed by atoms with Crippen molar-refractivity contribution in [2.75, 3.05) is 11.9 Å². The lowest BCUT2D eigenvalue weighted by Crippen LogP contribution is -2.18. The summed E-state index contributed by atoms with van der Waals surface area (Å²) < 4.78 is 0. The maximum atomic E-state index is 8.89. The standard InChI is InChI=1S/C13H13N5/c1-10-16-12(7-14)6-13(17-10)18(2)9-11-4-3-5-15-8-11/h3-6,8H,9H2,1-2H3. The molecule has 5 heteroatoms. The van der Waals surface area contributed by atoms with Gasteiger partial charge in [0.1, 0.15) is 23.4 Å². The fourth-order valence-corrected chi connectivity index (χ4v) is 1.65. The van der Waals surface area contributed by atoms with E-state index in [2.05, 4.69) is 15.0 Å². The molecule has 0 N–H and O–H groups in total. The predicted octanol–water partition coefficient (Wildman–Crippen LogP) is 1.69. The summed E-state index contributed by atoms with van der Waals surface area (Å²) in [6, 6.07) is 7.62. The van der Waals surface area contributed by atoms with E-state index in [4.69, 9.17) is 5.26 Å². The van der Waals surface area contributed by atoms with Gasteiger partial charge < -0.3 is 4.90 Å². The van der Waals surface area contributed by atoms with Crippen LogP contribution in [0.4, 0.5) is 5.82 Å². The minimum Gasteiger partial charge on any atom is -0.355 e. The normalized spacial score (nSPS) is 9.83. The summed E-state index contributed by atoms with van der Waals surface area (Å²) in [6.07, 6.45) is 3.56. The second kappa shape index (κ2) is 5.23. The number of pyridine rings is 1. The first-order valence-corrected chi connectivity index (χ1v) is 5.55. The summed E-state index contributed by atoms with van der Waals surface area (Å²) in [7, 11) is 1.93. The van der Waals surface area contributed by atoms with Crippen molar-refractivity contribution >= 4 is 5.82 Å². The molecule has 5 nitrogen and oxygen atoms in total. The van der Waals surface area contributed by atoms with Gasteiger partial charge in [0.15, 0.2) is 0 Å². The molecule has 0 amide bonds. The Morgan fingerprint density at radius 2 is 2.22 bits per heavy atom. The van der Waals surface area contributed by atoms with E-state index in [-0.39, 0.29) is 0 Å². The number of nitriles is 1. The Hall–Kier alpha value is -2.48. The van der Waals surface area contributed by atoms with Crippen LogP contribution in [-0.4, -0.2) is 22.0 Å². The molecule has 2 aromatic rings. The zero-order valence-electron chi connectivity index (χ0n) is 10.3. The minimum atomic E-state index is 0.385. The summed E-state index contributed by atoms with van der Waals surface area (Å²) in [5, 5.41) is 8.89. The molecular formula is C13H13N5. The molecule has 0 radical (unpaired) electrons. The van der Waals surface area contributed by atoms with Crippen molar-refractivity contribution in [3.8, 4) is 6.07 Å². The van der Waals surface area contributed by atoms with E-state index in [1.54, 1.807) is 19.2 Å². The summed E-state index contributed by atoms with van der Waals surface area (Å²) in [4.78, 5) is 14.4. The first kappa shape index (κ1) is 12.0. The van der Waals surface area contributed by atoms with Gasteiger partial charge in [-0.25, -0.2) is 9.97 Å². The largest absolute Gasteiger partial charge is 0.355 e. The van der Waals surface area contributed by atoms with Crippen LogP contribution in [0.1, 0.15) is 17.1 Å². The Balaban J connectivity index is 2.21. The molecule has 0 aliphatic heterocycles. The van der Waals surface area contributed by atoms with Crippen LogP contribution in [-0.2, 0) is 6.54 Å². The van der Waals surface area contributed by atoms with Crippen LogP contribution in [0.25, 0.3) is 0 Å². The molecule has 0 fully saturated rings. The highest BCUT2D eigenvalue weighted by Gasteiger charge is 2.07. The molecule has 0 atom stereocenters. The van der Waals surface area contributed by atoms with Crippen molar-refractivity contribution in [2.45, 2.75) is 13.5 Å². The van der Waals surface area contributed by atoms with Gasteiger partial charge in [-0.15, -0.1) is 0 Å². The average Bonchev–Trinajstić information content (AvgIpc) is 2.39. The fraction of sp³-hybridized carbons (Fsp3) is 0.231. The van der Waals surface area contributed by atoms with Crippen LogP contribution < -0.4 is 4.90 Å². The molecule has 0 bridgehead atoms. The van der Waals surface area contributed by atoms with E-state index in [1.165, 1.54) is 0 Å². The first-order chi connectivity index (χ1) is 8.69. The zero-order valence-corrected chi connectivity index (χ0v) is 10.3. The summed E-state index contributed by atoms with van der Waals surface area (Å²) in [6.45, 7) is 2.47. The van der Waals surface area contributed by atoms with Crippen LogP contribution >= 0.6 is 0 Å². The molecule has 0 saturated carbocycles. The molecule has 18 heavy (non-hydrogen) atoms. The predicted molar refractivity (Wildman–Crippen MR) is 67.8 cm³/mol. The van der Waals surface area contributed by atoms with Crippen LogP contribution in [0.15, 0.2) is 30.6 Å². The second-order valence-electron chi connectivity index (χ2n) is 3.99. The molecule has 0 aliphatic carbocycles. The van der Waals surface area contributed by atoms with Gasteiger partial charge in [-0.2, -0.15) is 5.26 Å². The van der Waals surface area contributed by atoms with Gasteiger partial charge >= 0.3 is 0 Å². The first-order valence-electron chi connectivity index (χ1n) is 5.55. The maximum Gasteiger partial charge on any atom is 0.146 e. The van der Waals surface area contributed by atoms with Crippen molar-refractivity contribution in [3.63, 3.8) is 0 Å². The van der Waals surface area contributed by atoms with Crippen molar-refractivity contribution in [1.29, 1.82) is 5.26 Å². The summed E-state index contributed by atoms with van der Waals surface area (Å²) >= 11 is 0. The molecule has 0 aliphatic rings. The number of hydrogen-bond acceptors (Lipinski definition) is 5. The maximum absolute atomic E-state index is 8.89. The number of rotatable bonds is 3. The number of aryl methyl sites for hydroxylation is 1. The highest BCUT2D eigenvalue weighted by atomic mass is 15.2. The van der Waals surface area contributed by atoms with Gasteiger partial charge in [0.05, 0.1) is 0 Å². The molecule has 0 saturated heterocycles.